The Kier molecular flexibility index (Phi) is 2.87. The smallest absolute Gasteiger partial charge is 0.257 e. The molecule has 3 rings (SSSR count). The first-order chi connectivity index (χ1) is 8.72. The molecule has 0 N–H and O–H groups in total. The summed E-state index contributed by atoms with van der Waals surface area (Å²) in [4.78, 5) is 14.0. The molecule has 18 heavy (non-hydrogen) atoms. The Bertz CT molecular complexity index is 430. The molecule has 2 fully saturated rings. The molecule has 3 heterocycles. The number of hydrogen-bond donors (Lipinski definition) is 0. The van der Waals surface area contributed by atoms with Crippen LogP contribution >= 0.6 is 0 Å². The van der Waals surface area contributed by atoms with E-state index in [1.165, 1.54) is 12.5 Å². The summed E-state index contributed by atoms with van der Waals surface area (Å²) in [5, 5.41) is 0. The van der Waals surface area contributed by atoms with Crippen molar-refractivity contribution in [2.45, 2.75) is 24.5 Å². The number of likely N-dealkylation sites (tertiary alicyclic amines) is 1. The number of amides is 1. The number of ether oxygens (including phenoxy) is 2. The van der Waals surface area contributed by atoms with Gasteiger partial charge in [-0.2, -0.15) is 0 Å². The molecule has 2 unspecified atom stereocenters. The summed E-state index contributed by atoms with van der Waals surface area (Å²) in [5.74, 6) is 0.0186. The SMILES string of the molecule is COC1COC2(CCN(C(=O)c3ccoc3)C2)C1. The number of hydrogen-bond acceptors (Lipinski definition) is 4. The van der Waals surface area contributed by atoms with E-state index in [2.05, 4.69) is 0 Å². The van der Waals surface area contributed by atoms with Gasteiger partial charge < -0.3 is 18.8 Å². The van der Waals surface area contributed by atoms with E-state index in [0.717, 1.165) is 19.4 Å². The monoisotopic (exact) mass is 251 g/mol. The maximum atomic E-state index is 12.2. The molecule has 5 nitrogen and oxygen atoms in total. The molecule has 1 aromatic heterocycles. The van der Waals surface area contributed by atoms with E-state index in [1.54, 1.807) is 13.2 Å². The highest BCUT2D eigenvalue weighted by Crippen LogP contribution is 2.36. The molecular formula is C13H17NO4. The molecule has 1 aromatic rings. The minimum absolute atomic E-state index is 0.0186. The average Bonchev–Trinajstić information content (AvgIpc) is 3.10. The first-order valence-electron chi connectivity index (χ1n) is 6.21. The summed E-state index contributed by atoms with van der Waals surface area (Å²) in [5.41, 5.74) is 0.411. The van der Waals surface area contributed by atoms with Crippen molar-refractivity contribution in [3.05, 3.63) is 24.2 Å². The van der Waals surface area contributed by atoms with Crippen molar-refractivity contribution >= 4 is 5.91 Å². The highest BCUT2D eigenvalue weighted by atomic mass is 16.6. The van der Waals surface area contributed by atoms with Crippen LogP contribution in [0, 0.1) is 0 Å². The third-order valence-electron chi connectivity index (χ3n) is 3.88. The zero-order valence-corrected chi connectivity index (χ0v) is 10.4. The van der Waals surface area contributed by atoms with Crippen molar-refractivity contribution in [1.29, 1.82) is 0 Å². The van der Waals surface area contributed by atoms with Crippen molar-refractivity contribution in [2.75, 3.05) is 26.8 Å². The number of rotatable bonds is 2. The molecule has 5 heteroatoms. The van der Waals surface area contributed by atoms with Crippen molar-refractivity contribution in [1.82, 2.24) is 4.90 Å². The second-order valence-corrected chi connectivity index (χ2v) is 5.04. The van der Waals surface area contributed by atoms with Gasteiger partial charge in [0, 0.05) is 20.1 Å². The second-order valence-electron chi connectivity index (χ2n) is 5.04. The Morgan fingerprint density at radius 1 is 1.61 bits per heavy atom. The normalized spacial score (nSPS) is 31.4. The molecule has 0 bridgehead atoms. The van der Waals surface area contributed by atoms with E-state index in [4.69, 9.17) is 13.9 Å². The maximum absolute atomic E-state index is 12.2. The van der Waals surface area contributed by atoms with Gasteiger partial charge in [-0.3, -0.25) is 4.79 Å². The molecule has 2 atom stereocenters. The summed E-state index contributed by atoms with van der Waals surface area (Å²) in [6.45, 7) is 2.02. The van der Waals surface area contributed by atoms with Crippen LogP contribution in [0.4, 0.5) is 0 Å². The molecule has 1 spiro atoms. The minimum Gasteiger partial charge on any atom is -0.472 e. The van der Waals surface area contributed by atoms with Crippen molar-refractivity contribution < 1.29 is 18.7 Å². The lowest BCUT2D eigenvalue weighted by molar-refractivity contribution is 0.00701. The van der Waals surface area contributed by atoms with Crippen LogP contribution < -0.4 is 0 Å². The quantitative estimate of drug-likeness (QED) is 0.795. The van der Waals surface area contributed by atoms with Gasteiger partial charge in [0.15, 0.2) is 0 Å². The van der Waals surface area contributed by atoms with Gasteiger partial charge in [0.1, 0.15) is 6.26 Å². The molecule has 2 aliphatic rings. The minimum atomic E-state index is -0.194. The van der Waals surface area contributed by atoms with Crippen LogP contribution in [0.15, 0.2) is 23.0 Å². The maximum Gasteiger partial charge on any atom is 0.257 e. The van der Waals surface area contributed by atoms with Gasteiger partial charge in [-0.25, -0.2) is 0 Å². The number of carbonyl (C=O) groups is 1. The Hall–Kier alpha value is -1.33. The lowest BCUT2D eigenvalue weighted by atomic mass is 9.98. The van der Waals surface area contributed by atoms with Crippen LogP contribution in [-0.2, 0) is 9.47 Å². The van der Waals surface area contributed by atoms with Gasteiger partial charge in [0.2, 0.25) is 0 Å². The fourth-order valence-corrected chi connectivity index (χ4v) is 2.83. The molecule has 0 aromatic carbocycles. The fraction of sp³-hybridized carbons (Fsp3) is 0.615. The summed E-state index contributed by atoms with van der Waals surface area (Å²) in [6.07, 6.45) is 4.93. The first-order valence-corrected chi connectivity index (χ1v) is 6.21. The van der Waals surface area contributed by atoms with Crippen molar-refractivity contribution in [2.24, 2.45) is 0 Å². The summed E-state index contributed by atoms with van der Waals surface area (Å²) < 4.78 is 16.1. The summed E-state index contributed by atoms with van der Waals surface area (Å²) in [6, 6.07) is 1.70. The standard InChI is InChI=1S/C13H17NO4/c1-16-11-6-13(18-8-11)3-4-14(9-13)12(15)10-2-5-17-7-10/h2,5,7,11H,3-4,6,8-9H2,1H3. The molecule has 0 aliphatic carbocycles. The third kappa shape index (κ3) is 1.93. The van der Waals surface area contributed by atoms with E-state index in [1.807, 2.05) is 4.90 Å². The van der Waals surface area contributed by atoms with E-state index in [-0.39, 0.29) is 17.6 Å². The number of carbonyl (C=O) groups excluding carboxylic acids is 1. The second kappa shape index (κ2) is 4.40. The number of furan rings is 1. The van der Waals surface area contributed by atoms with Gasteiger partial charge in [0.25, 0.3) is 5.91 Å². The lowest BCUT2D eigenvalue weighted by Gasteiger charge is -2.22. The number of nitrogens with zero attached hydrogens (tertiary/aromatic N) is 1. The Labute approximate surface area is 106 Å². The van der Waals surface area contributed by atoms with Crippen LogP contribution in [0.1, 0.15) is 23.2 Å². The van der Waals surface area contributed by atoms with E-state index in [0.29, 0.717) is 18.7 Å². The van der Waals surface area contributed by atoms with E-state index < -0.39 is 0 Å². The lowest BCUT2D eigenvalue weighted by Crippen LogP contribution is -2.35. The van der Waals surface area contributed by atoms with Crippen molar-refractivity contribution in [3.8, 4) is 0 Å². The Morgan fingerprint density at radius 3 is 3.17 bits per heavy atom. The molecule has 0 radical (unpaired) electrons. The highest BCUT2D eigenvalue weighted by molar-refractivity contribution is 5.94. The molecular weight excluding hydrogens is 234 g/mol. The zero-order valence-electron chi connectivity index (χ0n) is 10.4. The van der Waals surface area contributed by atoms with Gasteiger partial charge in [0.05, 0.1) is 36.7 Å². The van der Waals surface area contributed by atoms with E-state index >= 15 is 0 Å². The number of methoxy groups -OCH3 is 1. The van der Waals surface area contributed by atoms with Crippen molar-refractivity contribution in [3.63, 3.8) is 0 Å². The first kappa shape index (κ1) is 11.7. The third-order valence-corrected chi connectivity index (χ3v) is 3.88. The highest BCUT2D eigenvalue weighted by Gasteiger charge is 2.47. The van der Waals surface area contributed by atoms with E-state index in [9.17, 15) is 4.79 Å². The predicted octanol–water partition coefficient (Wildman–Crippen LogP) is 1.30. The average molecular weight is 251 g/mol. The Balaban J connectivity index is 1.67. The van der Waals surface area contributed by atoms with Crippen LogP contribution in [-0.4, -0.2) is 49.3 Å². The van der Waals surface area contributed by atoms with Crippen LogP contribution in [0.2, 0.25) is 0 Å². The van der Waals surface area contributed by atoms with Crippen LogP contribution in [0.5, 0.6) is 0 Å². The summed E-state index contributed by atoms with van der Waals surface area (Å²) >= 11 is 0. The molecule has 0 saturated carbocycles. The van der Waals surface area contributed by atoms with Gasteiger partial charge in [-0.05, 0) is 12.5 Å². The molecule has 2 saturated heterocycles. The summed E-state index contributed by atoms with van der Waals surface area (Å²) in [7, 11) is 1.70. The molecule has 98 valence electrons. The van der Waals surface area contributed by atoms with Gasteiger partial charge >= 0.3 is 0 Å². The zero-order chi connectivity index (χ0) is 12.6. The van der Waals surface area contributed by atoms with Gasteiger partial charge in [-0.15, -0.1) is 0 Å². The topological polar surface area (TPSA) is 51.9 Å². The van der Waals surface area contributed by atoms with Gasteiger partial charge in [-0.1, -0.05) is 0 Å². The predicted molar refractivity (Wildman–Crippen MR) is 63.3 cm³/mol. The molecule has 1 amide bonds. The van der Waals surface area contributed by atoms with Crippen LogP contribution in [0.25, 0.3) is 0 Å². The largest absolute Gasteiger partial charge is 0.472 e. The Morgan fingerprint density at radius 2 is 2.50 bits per heavy atom. The van der Waals surface area contributed by atoms with Crippen LogP contribution in [0.3, 0.4) is 0 Å². The molecule has 2 aliphatic heterocycles. The fourth-order valence-electron chi connectivity index (χ4n) is 2.83.